The molecule has 0 aromatic heterocycles. The Labute approximate surface area is 121 Å². The van der Waals surface area contributed by atoms with Gasteiger partial charge in [0.05, 0.1) is 0 Å². The van der Waals surface area contributed by atoms with E-state index in [4.69, 9.17) is 5.73 Å². The first-order valence-electron chi connectivity index (χ1n) is 7.44. The van der Waals surface area contributed by atoms with Crippen molar-refractivity contribution in [3.8, 4) is 11.1 Å². The summed E-state index contributed by atoms with van der Waals surface area (Å²) in [6.45, 7) is 6.75. The lowest BCUT2D eigenvalue weighted by atomic mass is 9.86. The average molecular weight is 265 g/mol. The third-order valence-electron chi connectivity index (χ3n) is 4.35. The van der Waals surface area contributed by atoms with Gasteiger partial charge in [-0.05, 0) is 46.1 Å². The summed E-state index contributed by atoms with van der Waals surface area (Å²) in [5.41, 5.74) is 13.0. The van der Waals surface area contributed by atoms with Crippen LogP contribution in [0.1, 0.15) is 49.9 Å². The molecule has 1 atom stereocenters. The van der Waals surface area contributed by atoms with Gasteiger partial charge in [0, 0.05) is 6.04 Å². The smallest absolute Gasteiger partial charge is 0.0300 e. The van der Waals surface area contributed by atoms with E-state index in [0.29, 0.717) is 0 Å². The molecule has 0 saturated carbocycles. The highest BCUT2D eigenvalue weighted by atomic mass is 14.6. The number of benzene rings is 2. The van der Waals surface area contributed by atoms with Crippen molar-refractivity contribution >= 4 is 0 Å². The predicted octanol–water partition coefficient (Wildman–Crippen LogP) is 4.60. The summed E-state index contributed by atoms with van der Waals surface area (Å²) in [6.07, 6.45) is 2.20. The van der Waals surface area contributed by atoms with Crippen LogP contribution in [0.4, 0.5) is 0 Å². The van der Waals surface area contributed by atoms with E-state index in [9.17, 15) is 0 Å². The Morgan fingerprint density at radius 3 is 2.25 bits per heavy atom. The van der Waals surface area contributed by atoms with E-state index in [0.717, 1.165) is 12.8 Å². The minimum Gasteiger partial charge on any atom is -0.324 e. The zero-order chi connectivity index (χ0) is 14.3. The molecule has 0 saturated heterocycles. The molecule has 0 aliphatic heterocycles. The SMILES string of the molecule is CC(C)(C)c1ccc(-c2ccc3c(c2)CCC3N)cc1. The van der Waals surface area contributed by atoms with Gasteiger partial charge >= 0.3 is 0 Å². The Balaban J connectivity index is 1.94. The summed E-state index contributed by atoms with van der Waals surface area (Å²) < 4.78 is 0. The van der Waals surface area contributed by atoms with Crippen molar-refractivity contribution < 1.29 is 0 Å². The second-order valence-corrected chi connectivity index (χ2v) is 6.89. The van der Waals surface area contributed by atoms with Gasteiger partial charge < -0.3 is 5.73 Å². The number of fused-ring (bicyclic) bond motifs is 1. The lowest BCUT2D eigenvalue weighted by molar-refractivity contribution is 0.590. The normalized spacial score (nSPS) is 18.1. The molecule has 0 amide bonds. The molecule has 0 heterocycles. The van der Waals surface area contributed by atoms with E-state index in [1.54, 1.807) is 0 Å². The first-order valence-corrected chi connectivity index (χ1v) is 7.44. The monoisotopic (exact) mass is 265 g/mol. The third kappa shape index (κ3) is 2.38. The second kappa shape index (κ2) is 4.75. The lowest BCUT2D eigenvalue weighted by Crippen LogP contribution is -2.10. The molecule has 2 aromatic rings. The number of hydrogen-bond donors (Lipinski definition) is 1. The molecular weight excluding hydrogens is 242 g/mol. The Hall–Kier alpha value is -1.60. The highest BCUT2D eigenvalue weighted by Gasteiger charge is 2.19. The second-order valence-electron chi connectivity index (χ2n) is 6.89. The molecule has 0 spiro atoms. The van der Waals surface area contributed by atoms with Crippen molar-refractivity contribution in [2.75, 3.05) is 0 Å². The van der Waals surface area contributed by atoms with E-state index in [2.05, 4.69) is 63.2 Å². The predicted molar refractivity (Wildman–Crippen MR) is 85.8 cm³/mol. The molecule has 1 nitrogen and oxygen atoms in total. The molecule has 0 bridgehead atoms. The standard InChI is InChI=1S/C19H23N/c1-19(2,3)16-8-4-13(5-9-16)14-6-10-17-15(12-14)7-11-18(17)20/h4-6,8-10,12,18H,7,11,20H2,1-3H3. The van der Waals surface area contributed by atoms with Gasteiger partial charge in [0.1, 0.15) is 0 Å². The topological polar surface area (TPSA) is 26.0 Å². The van der Waals surface area contributed by atoms with Crippen LogP contribution in [-0.4, -0.2) is 0 Å². The van der Waals surface area contributed by atoms with Crippen molar-refractivity contribution in [3.63, 3.8) is 0 Å². The number of aryl methyl sites for hydroxylation is 1. The Morgan fingerprint density at radius 2 is 1.60 bits per heavy atom. The highest BCUT2D eigenvalue weighted by Crippen LogP contribution is 2.33. The zero-order valence-corrected chi connectivity index (χ0v) is 12.6. The molecule has 2 N–H and O–H groups in total. The van der Waals surface area contributed by atoms with E-state index in [1.807, 2.05) is 0 Å². The van der Waals surface area contributed by atoms with Crippen LogP contribution in [0.5, 0.6) is 0 Å². The first kappa shape index (κ1) is 13.4. The van der Waals surface area contributed by atoms with Gasteiger partial charge in [-0.1, -0.05) is 63.2 Å². The van der Waals surface area contributed by atoms with E-state index >= 15 is 0 Å². The summed E-state index contributed by atoms with van der Waals surface area (Å²) in [4.78, 5) is 0. The number of rotatable bonds is 1. The van der Waals surface area contributed by atoms with Crippen LogP contribution in [0.3, 0.4) is 0 Å². The van der Waals surface area contributed by atoms with Crippen molar-refractivity contribution in [2.24, 2.45) is 5.73 Å². The van der Waals surface area contributed by atoms with Crippen LogP contribution in [0.25, 0.3) is 11.1 Å². The van der Waals surface area contributed by atoms with Crippen LogP contribution in [-0.2, 0) is 11.8 Å². The molecule has 0 fully saturated rings. The maximum absolute atomic E-state index is 6.10. The van der Waals surface area contributed by atoms with Crippen molar-refractivity contribution in [1.29, 1.82) is 0 Å². The van der Waals surface area contributed by atoms with Gasteiger partial charge in [-0.15, -0.1) is 0 Å². The fourth-order valence-electron chi connectivity index (χ4n) is 2.99. The Morgan fingerprint density at radius 1 is 0.950 bits per heavy atom. The molecular formula is C19H23N. The van der Waals surface area contributed by atoms with Gasteiger partial charge in [0.2, 0.25) is 0 Å². The van der Waals surface area contributed by atoms with Gasteiger partial charge in [-0.2, -0.15) is 0 Å². The minimum atomic E-state index is 0.212. The molecule has 1 heteroatoms. The number of hydrogen-bond acceptors (Lipinski definition) is 1. The quantitative estimate of drug-likeness (QED) is 0.801. The van der Waals surface area contributed by atoms with Crippen LogP contribution in [0, 0.1) is 0 Å². The molecule has 2 aromatic carbocycles. The van der Waals surface area contributed by atoms with Crippen LogP contribution < -0.4 is 5.73 Å². The molecule has 0 radical (unpaired) electrons. The summed E-state index contributed by atoms with van der Waals surface area (Å²) in [5, 5.41) is 0. The van der Waals surface area contributed by atoms with Crippen LogP contribution in [0.15, 0.2) is 42.5 Å². The maximum atomic E-state index is 6.10. The lowest BCUT2D eigenvalue weighted by Gasteiger charge is -2.19. The summed E-state index contributed by atoms with van der Waals surface area (Å²) in [7, 11) is 0. The Bertz CT molecular complexity index is 617. The van der Waals surface area contributed by atoms with Gasteiger partial charge in [-0.3, -0.25) is 0 Å². The summed E-state index contributed by atoms with van der Waals surface area (Å²) in [6, 6.07) is 15.9. The van der Waals surface area contributed by atoms with E-state index in [-0.39, 0.29) is 11.5 Å². The molecule has 20 heavy (non-hydrogen) atoms. The summed E-state index contributed by atoms with van der Waals surface area (Å²) >= 11 is 0. The third-order valence-corrected chi connectivity index (χ3v) is 4.35. The highest BCUT2D eigenvalue weighted by molar-refractivity contribution is 5.66. The van der Waals surface area contributed by atoms with Crippen molar-refractivity contribution in [2.45, 2.75) is 45.1 Å². The molecule has 1 unspecified atom stereocenters. The van der Waals surface area contributed by atoms with E-state index in [1.165, 1.54) is 27.8 Å². The molecule has 1 aliphatic carbocycles. The van der Waals surface area contributed by atoms with E-state index < -0.39 is 0 Å². The zero-order valence-electron chi connectivity index (χ0n) is 12.6. The largest absolute Gasteiger partial charge is 0.324 e. The van der Waals surface area contributed by atoms with Gasteiger partial charge in [0.15, 0.2) is 0 Å². The maximum Gasteiger partial charge on any atom is 0.0300 e. The molecule has 3 rings (SSSR count). The minimum absolute atomic E-state index is 0.212. The van der Waals surface area contributed by atoms with Gasteiger partial charge in [0.25, 0.3) is 0 Å². The number of nitrogens with two attached hydrogens (primary N) is 1. The molecule has 1 aliphatic rings. The fraction of sp³-hybridized carbons (Fsp3) is 0.368. The average Bonchev–Trinajstić information content (AvgIpc) is 2.79. The fourth-order valence-corrected chi connectivity index (χ4v) is 2.99. The summed E-state index contributed by atoms with van der Waals surface area (Å²) in [5.74, 6) is 0. The van der Waals surface area contributed by atoms with Crippen molar-refractivity contribution in [1.82, 2.24) is 0 Å². The van der Waals surface area contributed by atoms with Crippen LogP contribution in [0.2, 0.25) is 0 Å². The first-order chi connectivity index (χ1) is 9.45. The van der Waals surface area contributed by atoms with Crippen LogP contribution >= 0.6 is 0 Å². The Kier molecular flexibility index (Phi) is 3.18. The van der Waals surface area contributed by atoms with Gasteiger partial charge in [-0.25, -0.2) is 0 Å². The van der Waals surface area contributed by atoms with Crippen molar-refractivity contribution in [3.05, 3.63) is 59.2 Å². The molecule has 104 valence electrons.